The molecule has 26 heavy (non-hydrogen) atoms. The highest BCUT2D eigenvalue weighted by Crippen LogP contribution is 2.30. The van der Waals surface area contributed by atoms with Crippen LogP contribution in [0.25, 0.3) is 5.65 Å². The number of alkyl halides is 3. The molecule has 2 aromatic heterocycles. The van der Waals surface area contributed by atoms with E-state index in [4.69, 9.17) is 10.00 Å². The number of carbonyl (C=O) groups excluding carboxylic acids is 1. The molecular weight excluding hydrogens is 347 g/mol. The van der Waals surface area contributed by atoms with Crippen LogP contribution < -0.4 is 4.74 Å². The number of nitriles is 1. The minimum Gasteiger partial charge on any atom is -0.419 e. The Morgan fingerprint density at radius 1 is 1.31 bits per heavy atom. The van der Waals surface area contributed by atoms with Gasteiger partial charge in [0, 0.05) is 6.20 Å². The van der Waals surface area contributed by atoms with Crippen LogP contribution in [0, 0.1) is 18.3 Å². The summed E-state index contributed by atoms with van der Waals surface area (Å²) in [6.07, 6.45) is -2.76. The second-order valence-corrected chi connectivity index (χ2v) is 5.51. The summed E-state index contributed by atoms with van der Waals surface area (Å²) in [5.41, 5.74) is 0.421. The summed E-state index contributed by atoms with van der Waals surface area (Å²) in [5, 5.41) is 8.91. The molecule has 3 rings (SSSR count). The lowest BCUT2D eigenvalue weighted by atomic mass is 10.1. The van der Waals surface area contributed by atoms with Crippen molar-refractivity contribution in [3.8, 4) is 11.8 Å². The van der Waals surface area contributed by atoms with Gasteiger partial charge < -0.3 is 4.74 Å². The lowest BCUT2D eigenvalue weighted by molar-refractivity contribution is -0.137. The number of ether oxygens (including phenoxy) is 1. The van der Waals surface area contributed by atoms with E-state index >= 15 is 0 Å². The van der Waals surface area contributed by atoms with Gasteiger partial charge in [-0.1, -0.05) is 6.07 Å². The number of aryl methyl sites for hydroxylation is 1. The van der Waals surface area contributed by atoms with E-state index in [1.165, 1.54) is 12.1 Å². The standard InChI is InChI=1S/C18H12F3N3O2/c1-11-14(7-8-22)24-9-3-6-15(16(24)23-11)26-17(25)12-4-2-5-13(10-12)18(19,20)21/h2-6,9-10H,7H2,1H3. The molecule has 8 heteroatoms. The van der Waals surface area contributed by atoms with Gasteiger partial charge in [-0.05, 0) is 37.3 Å². The van der Waals surface area contributed by atoms with Gasteiger partial charge in [-0.3, -0.25) is 4.40 Å². The zero-order valence-corrected chi connectivity index (χ0v) is 13.5. The predicted octanol–water partition coefficient (Wildman–Crippen LogP) is 3.95. The third kappa shape index (κ3) is 3.24. The first-order valence-electron chi connectivity index (χ1n) is 7.54. The van der Waals surface area contributed by atoms with Crippen molar-refractivity contribution in [1.29, 1.82) is 5.26 Å². The zero-order valence-electron chi connectivity index (χ0n) is 13.5. The minimum absolute atomic E-state index is 0.0993. The number of aromatic nitrogens is 2. The Labute approximate surface area is 146 Å². The third-order valence-corrected chi connectivity index (χ3v) is 3.79. The number of benzene rings is 1. The molecule has 0 aliphatic heterocycles. The first-order valence-corrected chi connectivity index (χ1v) is 7.54. The van der Waals surface area contributed by atoms with Crippen LogP contribution in [0.15, 0.2) is 42.6 Å². The lowest BCUT2D eigenvalue weighted by Crippen LogP contribution is -2.12. The third-order valence-electron chi connectivity index (χ3n) is 3.79. The average Bonchev–Trinajstić information content (AvgIpc) is 2.92. The Morgan fingerprint density at radius 2 is 2.08 bits per heavy atom. The van der Waals surface area contributed by atoms with Crippen LogP contribution in [0.2, 0.25) is 0 Å². The van der Waals surface area contributed by atoms with E-state index in [1.807, 2.05) is 6.07 Å². The molecular formula is C18H12F3N3O2. The van der Waals surface area contributed by atoms with Crippen LogP contribution in [0.5, 0.6) is 5.75 Å². The SMILES string of the molecule is Cc1nc2c(OC(=O)c3cccc(C(F)(F)F)c3)cccn2c1CC#N. The molecule has 1 aromatic carbocycles. The molecule has 0 saturated carbocycles. The van der Waals surface area contributed by atoms with Crippen molar-refractivity contribution in [3.63, 3.8) is 0 Å². The van der Waals surface area contributed by atoms with Crippen molar-refractivity contribution in [1.82, 2.24) is 9.38 Å². The van der Waals surface area contributed by atoms with Gasteiger partial charge >= 0.3 is 12.1 Å². The first kappa shape index (κ1) is 17.5. The van der Waals surface area contributed by atoms with E-state index in [0.29, 0.717) is 17.0 Å². The summed E-state index contributed by atoms with van der Waals surface area (Å²) in [5.74, 6) is -0.825. The maximum absolute atomic E-state index is 12.8. The van der Waals surface area contributed by atoms with E-state index in [-0.39, 0.29) is 17.7 Å². The van der Waals surface area contributed by atoms with E-state index in [2.05, 4.69) is 4.98 Å². The Bertz CT molecular complexity index is 1030. The summed E-state index contributed by atoms with van der Waals surface area (Å²) < 4.78 is 45.3. The smallest absolute Gasteiger partial charge is 0.416 e. The zero-order chi connectivity index (χ0) is 18.9. The second kappa shape index (κ2) is 6.52. The topological polar surface area (TPSA) is 67.4 Å². The molecule has 0 atom stereocenters. The van der Waals surface area contributed by atoms with Crippen LogP contribution in [0.1, 0.15) is 27.3 Å². The van der Waals surface area contributed by atoms with Crippen LogP contribution >= 0.6 is 0 Å². The lowest BCUT2D eigenvalue weighted by Gasteiger charge is -2.09. The van der Waals surface area contributed by atoms with E-state index in [0.717, 1.165) is 18.2 Å². The van der Waals surface area contributed by atoms with Gasteiger partial charge in [-0.2, -0.15) is 18.4 Å². The molecule has 0 bridgehead atoms. The molecule has 0 amide bonds. The normalized spacial score (nSPS) is 11.3. The fraction of sp³-hybridized carbons (Fsp3) is 0.167. The molecule has 0 fully saturated rings. The summed E-state index contributed by atoms with van der Waals surface area (Å²) in [7, 11) is 0. The van der Waals surface area contributed by atoms with E-state index in [1.54, 1.807) is 23.6 Å². The van der Waals surface area contributed by atoms with Gasteiger partial charge in [-0.15, -0.1) is 0 Å². The van der Waals surface area contributed by atoms with Gasteiger partial charge in [0.1, 0.15) is 0 Å². The number of carbonyl (C=O) groups is 1. The number of pyridine rings is 1. The average molecular weight is 359 g/mol. The Morgan fingerprint density at radius 3 is 2.77 bits per heavy atom. The predicted molar refractivity (Wildman–Crippen MR) is 85.6 cm³/mol. The van der Waals surface area contributed by atoms with Gasteiger partial charge in [0.2, 0.25) is 0 Å². The molecule has 0 saturated heterocycles. The van der Waals surface area contributed by atoms with Crippen LogP contribution in [-0.2, 0) is 12.6 Å². The fourth-order valence-corrected chi connectivity index (χ4v) is 2.55. The molecule has 0 spiro atoms. The summed E-state index contributed by atoms with van der Waals surface area (Å²) in [4.78, 5) is 16.6. The maximum atomic E-state index is 12.8. The van der Waals surface area contributed by atoms with Crippen molar-refractivity contribution >= 4 is 11.6 Å². The summed E-state index contributed by atoms with van der Waals surface area (Å²) >= 11 is 0. The van der Waals surface area contributed by atoms with Crippen molar-refractivity contribution < 1.29 is 22.7 Å². The highest BCUT2D eigenvalue weighted by atomic mass is 19.4. The number of rotatable bonds is 3. The fourth-order valence-electron chi connectivity index (χ4n) is 2.55. The van der Waals surface area contributed by atoms with Crippen molar-refractivity contribution in [2.75, 3.05) is 0 Å². The highest BCUT2D eigenvalue weighted by molar-refractivity contribution is 5.92. The van der Waals surface area contributed by atoms with Gasteiger partial charge in [-0.25, -0.2) is 9.78 Å². The largest absolute Gasteiger partial charge is 0.419 e. The van der Waals surface area contributed by atoms with Crippen molar-refractivity contribution in [3.05, 3.63) is 65.1 Å². The Kier molecular flexibility index (Phi) is 4.38. The Balaban J connectivity index is 1.96. The highest BCUT2D eigenvalue weighted by Gasteiger charge is 2.31. The van der Waals surface area contributed by atoms with Crippen LogP contribution in [0.3, 0.4) is 0 Å². The molecule has 0 aliphatic rings. The first-order chi connectivity index (χ1) is 12.3. The van der Waals surface area contributed by atoms with Crippen LogP contribution in [-0.4, -0.2) is 15.4 Å². The number of halogens is 3. The molecule has 0 unspecified atom stereocenters. The minimum atomic E-state index is -4.55. The number of esters is 1. The molecule has 0 radical (unpaired) electrons. The second-order valence-electron chi connectivity index (χ2n) is 5.51. The molecule has 2 heterocycles. The summed E-state index contributed by atoms with van der Waals surface area (Å²) in [6.45, 7) is 1.72. The van der Waals surface area contributed by atoms with Gasteiger partial charge in [0.15, 0.2) is 11.4 Å². The van der Waals surface area contributed by atoms with Crippen molar-refractivity contribution in [2.24, 2.45) is 0 Å². The number of imidazole rings is 1. The molecule has 3 aromatic rings. The number of nitrogens with zero attached hydrogens (tertiary/aromatic N) is 3. The van der Waals surface area contributed by atoms with Gasteiger partial charge in [0.05, 0.1) is 35.0 Å². The summed E-state index contributed by atoms with van der Waals surface area (Å²) in [6, 6.07) is 9.13. The van der Waals surface area contributed by atoms with Crippen molar-refractivity contribution in [2.45, 2.75) is 19.5 Å². The van der Waals surface area contributed by atoms with E-state index < -0.39 is 17.7 Å². The molecule has 0 N–H and O–H groups in total. The Hall–Kier alpha value is -3.34. The van der Waals surface area contributed by atoms with Gasteiger partial charge in [0.25, 0.3) is 0 Å². The quantitative estimate of drug-likeness (QED) is 0.664. The number of hydrogen-bond acceptors (Lipinski definition) is 4. The van der Waals surface area contributed by atoms with Crippen LogP contribution in [0.4, 0.5) is 13.2 Å². The number of fused-ring (bicyclic) bond motifs is 1. The molecule has 0 aliphatic carbocycles. The van der Waals surface area contributed by atoms with E-state index in [9.17, 15) is 18.0 Å². The molecule has 132 valence electrons. The molecule has 5 nitrogen and oxygen atoms in total. The number of hydrogen-bond donors (Lipinski definition) is 0. The maximum Gasteiger partial charge on any atom is 0.416 e. The monoisotopic (exact) mass is 359 g/mol.